The van der Waals surface area contributed by atoms with Crippen LogP contribution in [0.1, 0.15) is 47.5 Å². The summed E-state index contributed by atoms with van der Waals surface area (Å²) in [4.78, 5) is 25.0. The average Bonchev–Trinajstić information content (AvgIpc) is 3.41. The SMILES string of the molecule is CC#CC#CC#CC#CC#CC#CC#COOC1C(C)=CC23CC(C)CC4C(C(C=C(CO)C(O)C12O)C3=O)C4(C)C. The van der Waals surface area contributed by atoms with Crippen molar-refractivity contribution < 1.29 is 29.9 Å². The number of ketones is 1. The van der Waals surface area contributed by atoms with E-state index in [0.29, 0.717) is 17.9 Å². The zero-order valence-corrected chi connectivity index (χ0v) is 24.3. The molecule has 2 saturated carbocycles. The molecule has 0 radical (unpaired) electrons. The number of aliphatic hydroxyl groups excluding tert-OH is 2. The highest BCUT2D eigenvalue weighted by atomic mass is 17.2. The van der Waals surface area contributed by atoms with Crippen molar-refractivity contribution in [2.45, 2.75) is 65.3 Å². The van der Waals surface area contributed by atoms with Crippen molar-refractivity contribution >= 4 is 5.78 Å². The van der Waals surface area contributed by atoms with Crippen molar-refractivity contribution in [1.29, 1.82) is 0 Å². The quantitative estimate of drug-likeness (QED) is 0.212. The summed E-state index contributed by atoms with van der Waals surface area (Å²) < 4.78 is 0. The summed E-state index contributed by atoms with van der Waals surface area (Å²) in [6, 6.07) is 0. The van der Waals surface area contributed by atoms with E-state index in [4.69, 9.17) is 9.78 Å². The molecular formula is C36H32O6. The number of allylic oxidation sites excluding steroid dienone is 1. The molecule has 0 aromatic rings. The van der Waals surface area contributed by atoms with Gasteiger partial charge in [0.15, 0.2) is 18.0 Å². The minimum Gasteiger partial charge on any atom is -0.392 e. The Balaban J connectivity index is 1.52. The molecule has 6 nitrogen and oxygen atoms in total. The monoisotopic (exact) mass is 560 g/mol. The number of carbonyl (C=O) groups excluding carboxylic acids is 1. The van der Waals surface area contributed by atoms with E-state index in [1.807, 2.05) is 0 Å². The lowest BCUT2D eigenvalue weighted by molar-refractivity contribution is -0.315. The molecule has 8 atom stereocenters. The van der Waals surface area contributed by atoms with Gasteiger partial charge < -0.3 is 15.3 Å². The smallest absolute Gasteiger partial charge is 0.171 e. The Labute approximate surface area is 248 Å². The molecule has 212 valence electrons. The van der Waals surface area contributed by atoms with E-state index in [1.54, 1.807) is 26.0 Å². The standard InChI is InChI=1S/C36H32O6/c1-6-7-8-9-10-11-12-13-14-15-16-17-18-19-41-42-33-26(3)23-35-22-25(2)20-29-30(34(29,4)5)28(32(35)39)21-27(24-37)31(38)36(33,35)40/h21,23,25,28-31,33,37-38,40H,20,22,24H2,1-5H3. The van der Waals surface area contributed by atoms with Crippen LogP contribution in [0, 0.1) is 118 Å². The Morgan fingerprint density at radius 3 is 2.12 bits per heavy atom. The number of carbonyl (C=O) groups is 1. The van der Waals surface area contributed by atoms with Gasteiger partial charge in [-0.05, 0) is 96.5 Å². The van der Waals surface area contributed by atoms with E-state index in [-0.39, 0.29) is 28.6 Å². The molecule has 0 saturated heterocycles. The molecular weight excluding hydrogens is 528 g/mol. The van der Waals surface area contributed by atoms with Crippen LogP contribution in [0.3, 0.4) is 0 Å². The second-order valence-electron chi connectivity index (χ2n) is 11.8. The molecule has 8 unspecified atom stereocenters. The van der Waals surface area contributed by atoms with Crippen molar-refractivity contribution in [3.8, 4) is 83.1 Å². The number of aliphatic hydroxyl groups is 3. The highest BCUT2D eigenvalue weighted by Crippen LogP contribution is 2.69. The first-order chi connectivity index (χ1) is 20.1. The zero-order valence-electron chi connectivity index (χ0n) is 24.3. The molecule has 4 aliphatic carbocycles. The van der Waals surface area contributed by atoms with Gasteiger partial charge in [-0.3, -0.25) is 9.68 Å². The molecule has 4 aliphatic rings. The number of Topliss-reactive ketones (excluding diaryl/α,β-unsaturated/α-hetero) is 1. The Kier molecular flexibility index (Phi) is 8.97. The van der Waals surface area contributed by atoms with Crippen LogP contribution < -0.4 is 0 Å². The summed E-state index contributed by atoms with van der Waals surface area (Å²) in [6.45, 7) is 9.30. The van der Waals surface area contributed by atoms with Gasteiger partial charge in [-0.2, -0.15) is 4.89 Å². The van der Waals surface area contributed by atoms with Gasteiger partial charge >= 0.3 is 0 Å². The number of rotatable bonds is 3. The van der Waals surface area contributed by atoms with E-state index in [1.165, 1.54) is 0 Å². The van der Waals surface area contributed by atoms with Crippen LogP contribution in [0.5, 0.6) is 0 Å². The van der Waals surface area contributed by atoms with E-state index in [9.17, 15) is 20.1 Å². The van der Waals surface area contributed by atoms with E-state index in [2.05, 4.69) is 104 Å². The third-order valence-corrected chi connectivity index (χ3v) is 8.99. The summed E-state index contributed by atoms with van der Waals surface area (Å²) in [5.41, 5.74) is -2.84. The second-order valence-corrected chi connectivity index (χ2v) is 11.8. The van der Waals surface area contributed by atoms with Gasteiger partial charge in [0.05, 0.1) is 12.0 Å². The van der Waals surface area contributed by atoms with Gasteiger partial charge in [-0.15, -0.1) is 0 Å². The molecule has 0 heterocycles. The maximum Gasteiger partial charge on any atom is 0.171 e. The number of fused-ring (bicyclic) bond motifs is 3. The molecule has 0 amide bonds. The van der Waals surface area contributed by atoms with Gasteiger partial charge in [-0.1, -0.05) is 38.8 Å². The summed E-state index contributed by atoms with van der Waals surface area (Å²) >= 11 is 0. The predicted molar refractivity (Wildman–Crippen MR) is 156 cm³/mol. The second kappa shape index (κ2) is 12.3. The van der Waals surface area contributed by atoms with Crippen LogP contribution in [0.4, 0.5) is 0 Å². The van der Waals surface area contributed by atoms with Crippen LogP contribution in [0.25, 0.3) is 0 Å². The molecule has 0 aliphatic heterocycles. The fourth-order valence-electron chi connectivity index (χ4n) is 7.18. The van der Waals surface area contributed by atoms with Gasteiger partial charge in [0, 0.05) is 41.4 Å². The summed E-state index contributed by atoms with van der Waals surface area (Å²) in [6.07, 6.45) is 4.18. The van der Waals surface area contributed by atoms with Gasteiger partial charge in [0.1, 0.15) is 11.7 Å². The first-order valence-corrected chi connectivity index (χ1v) is 13.8. The average molecular weight is 561 g/mol. The highest BCUT2D eigenvalue weighted by Gasteiger charge is 2.73. The Hall–Kier alpha value is -4.29. The molecule has 0 aromatic carbocycles. The molecule has 0 aromatic heterocycles. The van der Waals surface area contributed by atoms with Gasteiger partial charge in [-0.25, -0.2) is 0 Å². The Bertz CT molecular complexity index is 1660. The fourth-order valence-corrected chi connectivity index (χ4v) is 7.18. The molecule has 1 spiro atoms. The summed E-state index contributed by atoms with van der Waals surface area (Å²) in [5.74, 6) is 32.5. The lowest BCUT2D eigenvalue weighted by Crippen LogP contribution is -2.64. The Morgan fingerprint density at radius 1 is 0.976 bits per heavy atom. The van der Waals surface area contributed by atoms with Crippen molar-refractivity contribution in [2.75, 3.05) is 6.61 Å². The normalized spacial score (nSPS) is 34.0. The third kappa shape index (κ3) is 5.35. The van der Waals surface area contributed by atoms with Crippen LogP contribution in [0.2, 0.25) is 0 Å². The van der Waals surface area contributed by atoms with E-state index < -0.39 is 35.7 Å². The van der Waals surface area contributed by atoms with Crippen LogP contribution in [0.15, 0.2) is 23.3 Å². The van der Waals surface area contributed by atoms with Crippen molar-refractivity contribution in [3.63, 3.8) is 0 Å². The van der Waals surface area contributed by atoms with E-state index >= 15 is 0 Å². The topological polar surface area (TPSA) is 96.2 Å². The van der Waals surface area contributed by atoms with E-state index in [0.717, 1.165) is 6.42 Å². The van der Waals surface area contributed by atoms with Crippen LogP contribution >= 0.6 is 0 Å². The first-order valence-electron chi connectivity index (χ1n) is 13.8. The van der Waals surface area contributed by atoms with Crippen LogP contribution in [-0.4, -0.2) is 45.5 Å². The molecule has 2 fully saturated rings. The first kappa shape index (κ1) is 30.7. The van der Waals surface area contributed by atoms with Crippen molar-refractivity contribution in [2.24, 2.45) is 34.5 Å². The highest BCUT2D eigenvalue weighted by molar-refractivity contribution is 5.94. The zero-order chi connectivity index (χ0) is 30.5. The maximum atomic E-state index is 14.4. The molecule has 2 bridgehead atoms. The molecule has 3 N–H and O–H groups in total. The van der Waals surface area contributed by atoms with Crippen molar-refractivity contribution in [3.05, 3.63) is 23.3 Å². The summed E-state index contributed by atoms with van der Waals surface area (Å²) in [5, 5.41) is 34.1. The predicted octanol–water partition coefficient (Wildman–Crippen LogP) is 2.16. The van der Waals surface area contributed by atoms with Crippen LogP contribution in [-0.2, 0) is 14.6 Å². The molecule has 6 heteroatoms. The fraction of sp³-hybridized carbons (Fsp3) is 0.472. The molecule has 42 heavy (non-hydrogen) atoms. The molecule has 4 rings (SSSR count). The maximum absolute atomic E-state index is 14.4. The van der Waals surface area contributed by atoms with Crippen molar-refractivity contribution in [1.82, 2.24) is 0 Å². The van der Waals surface area contributed by atoms with Gasteiger partial charge in [0.2, 0.25) is 0 Å². The Morgan fingerprint density at radius 2 is 1.55 bits per heavy atom. The van der Waals surface area contributed by atoms with Gasteiger partial charge in [0.25, 0.3) is 0 Å². The largest absolute Gasteiger partial charge is 0.392 e. The minimum absolute atomic E-state index is 0.0538. The third-order valence-electron chi connectivity index (χ3n) is 8.99. The lowest BCUT2D eigenvalue weighted by Gasteiger charge is -2.47. The summed E-state index contributed by atoms with van der Waals surface area (Å²) in [7, 11) is 0. The lowest BCUT2D eigenvalue weighted by atomic mass is 9.60. The number of hydrogen-bond donors (Lipinski definition) is 3. The minimum atomic E-state index is -2.10. The number of hydrogen-bond acceptors (Lipinski definition) is 6.